The van der Waals surface area contributed by atoms with Crippen LogP contribution >= 0.6 is 0 Å². The van der Waals surface area contributed by atoms with E-state index in [-0.39, 0.29) is 23.3 Å². The molecule has 25 rings (SSSR count). The van der Waals surface area contributed by atoms with E-state index in [0.29, 0.717) is 23.0 Å². The SMILES string of the molecule is C=Cc1ccc(Oc2ccc(C3(c4cccc(F)c4)c4ccccc4-c4ccc(N(c5ccccc5)c5ccc(-c6ccc(N(c7ccc(F)cc7)c7ccc8c(c7)C(c7ccccc7)(c7ccccc7)c7cc(N(c9ccc(F)cc9)c9ccc(-c%10ccc(N(c%11ccccc%11)c%11ccc%12c(c%11)C(c%11ccc(Oc%13ccc(C=C)cc%13)cc%11)(c%11cccc(F)c%11)c%11ccccc%11-%12)cc%10)cc9)ccc7-8)cc6)cc5)cc43)cc2)cc1. The monoisotopic (exact) mass is 1930 g/mol. The molecule has 22 aromatic rings. The lowest BCUT2D eigenvalue weighted by Crippen LogP contribution is -2.29. The number of fused-ring (bicyclic) bond motifs is 9. The van der Waals surface area contributed by atoms with E-state index in [1.165, 1.54) is 36.4 Å². The molecule has 0 aromatic heterocycles. The fourth-order valence-electron chi connectivity index (χ4n) is 23.1. The lowest BCUT2D eigenvalue weighted by molar-refractivity contribution is 0.482. The van der Waals surface area contributed by atoms with E-state index in [9.17, 15) is 0 Å². The second-order valence-corrected chi connectivity index (χ2v) is 38.0. The highest BCUT2D eigenvalue weighted by molar-refractivity contribution is 5.96. The van der Waals surface area contributed by atoms with Crippen molar-refractivity contribution in [3.63, 3.8) is 0 Å². The minimum Gasteiger partial charge on any atom is -0.457 e. The Kier molecular flexibility index (Phi) is 23.3. The van der Waals surface area contributed by atoms with E-state index >= 15 is 17.6 Å². The number of nitrogens with zero attached hydrogens (tertiary/aromatic N) is 4. The van der Waals surface area contributed by atoms with Gasteiger partial charge in [0.05, 0.1) is 16.2 Å². The Bertz CT molecular complexity index is 8270. The van der Waals surface area contributed by atoms with Gasteiger partial charge < -0.3 is 29.1 Å². The summed E-state index contributed by atoms with van der Waals surface area (Å²) in [5.41, 5.74) is 32.0. The smallest absolute Gasteiger partial charge is 0.127 e. The second kappa shape index (κ2) is 38.2. The molecule has 6 nitrogen and oxygen atoms in total. The minimum absolute atomic E-state index is 0.325. The van der Waals surface area contributed by atoms with E-state index in [2.05, 4.69) is 385 Å². The first-order chi connectivity index (χ1) is 73.3. The van der Waals surface area contributed by atoms with Gasteiger partial charge in [-0.3, -0.25) is 0 Å². The summed E-state index contributed by atoms with van der Waals surface area (Å²) < 4.78 is 76.0. The molecule has 710 valence electrons. The molecule has 0 radical (unpaired) electrons. The van der Waals surface area contributed by atoms with Gasteiger partial charge in [0, 0.05) is 68.2 Å². The minimum atomic E-state index is -0.941. The Morgan fingerprint density at radius 2 is 0.389 bits per heavy atom. The van der Waals surface area contributed by atoms with Crippen LogP contribution in [0.3, 0.4) is 0 Å². The maximum absolute atomic E-state index is 16.1. The third-order valence-electron chi connectivity index (χ3n) is 29.8. The average Bonchev–Trinajstić information content (AvgIpc) is 1.54. The normalized spacial score (nSPS) is 14.1. The van der Waals surface area contributed by atoms with Crippen molar-refractivity contribution < 1.29 is 27.0 Å². The molecule has 2 atom stereocenters. The van der Waals surface area contributed by atoms with Gasteiger partial charge >= 0.3 is 0 Å². The Morgan fingerprint density at radius 3 is 0.671 bits per heavy atom. The van der Waals surface area contributed by atoms with Crippen LogP contribution in [0.1, 0.15) is 77.9 Å². The molecule has 2 unspecified atom stereocenters. The summed E-state index contributed by atoms with van der Waals surface area (Å²) >= 11 is 0. The van der Waals surface area contributed by atoms with E-state index in [1.807, 2.05) is 133 Å². The predicted octanol–water partition coefficient (Wildman–Crippen LogP) is 37.4. The van der Waals surface area contributed by atoms with Crippen molar-refractivity contribution in [1.82, 2.24) is 0 Å². The predicted molar refractivity (Wildman–Crippen MR) is 601 cm³/mol. The maximum Gasteiger partial charge on any atom is 0.127 e. The maximum atomic E-state index is 16.1. The van der Waals surface area contributed by atoms with Crippen molar-refractivity contribution in [2.45, 2.75) is 16.2 Å². The zero-order valence-electron chi connectivity index (χ0n) is 81.0. The van der Waals surface area contributed by atoms with Gasteiger partial charge in [-0.05, 0) is 376 Å². The highest BCUT2D eigenvalue weighted by atomic mass is 19.1. The molecule has 10 heteroatoms. The third-order valence-corrected chi connectivity index (χ3v) is 29.8. The summed E-state index contributed by atoms with van der Waals surface area (Å²) in [5, 5.41) is 0. The summed E-state index contributed by atoms with van der Waals surface area (Å²) in [5.74, 6) is 1.40. The molecule has 0 N–H and O–H groups in total. The molecule has 0 fully saturated rings. The van der Waals surface area contributed by atoms with Crippen LogP contribution in [0.15, 0.2) is 547 Å². The number of hydrogen-bond donors (Lipinski definition) is 0. The van der Waals surface area contributed by atoms with Crippen molar-refractivity contribution in [2.24, 2.45) is 0 Å². The number of ether oxygens (including phenoxy) is 2. The van der Waals surface area contributed by atoms with Crippen LogP contribution < -0.4 is 29.1 Å². The van der Waals surface area contributed by atoms with Gasteiger partial charge in [0.1, 0.15) is 46.3 Å². The zero-order valence-corrected chi connectivity index (χ0v) is 81.0. The topological polar surface area (TPSA) is 31.4 Å². The Hall–Kier alpha value is -19.2. The van der Waals surface area contributed by atoms with Crippen LogP contribution in [0.2, 0.25) is 0 Å². The van der Waals surface area contributed by atoms with Gasteiger partial charge in [0.2, 0.25) is 0 Å². The number of hydrogen-bond acceptors (Lipinski definition) is 6. The average molecular weight is 1930 g/mol. The molecule has 0 aliphatic heterocycles. The standard InChI is InChI=1S/C139H94F4N4O2/c1-3-93-39-75-121(76-40-93)148-123-79-51-101(52-80-123)138(103-27-21-29-107(142)87-103)131-37-19-17-35-125(131)127-83-71-117(91-135(127)138)144(109-31-13-7-14-32-109)111-59-43-95(44-60-111)97-47-63-113(64-48-97)146(115-67-55-105(140)56-68-115)119-73-85-129-130-86-74-120(90-134(130)137(133(129)89-119,99-23-9-5-10-24-99)100-25-11-6-12-26-100)147(116-69-57-106(141)58-70-116)114-65-49-98(50-66-114)96-45-61-112(62-46-96)145(110-33-15-8-16-34-110)118-72-84-128-126-36-18-20-38-132(126)139(136(128)92-118,104-28-22-30-108(143)88-104)102-53-81-124(82-54-102)149-122-77-41-94(4-2)42-78-122/h3-92H,1-2H2. The summed E-state index contributed by atoms with van der Waals surface area (Å²) in [6.45, 7) is 7.84. The van der Waals surface area contributed by atoms with E-state index in [4.69, 9.17) is 9.47 Å². The van der Waals surface area contributed by atoms with Gasteiger partial charge in [-0.25, -0.2) is 17.6 Å². The molecular formula is C139H94F4N4O2. The molecule has 149 heavy (non-hydrogen) atoms. The van der Waals surface area contributed by atoms with Crippen molar-refractivity contribution in [1.29, 1.82) is 0 Å². The largest absolute Gasteiger partial charge is 0.457 e. The Balaban J connectivity index is 0.540. The summed E-state index contributed by atoms with van der Waals surface area (Å²) in [6, 6.07) is 180. The third kappa shape index (κ3) is 16.1. The molecule has 22 aromatic carbocycles. The fourth-order valence-corrected chi connectivity index (χ4v) is 23.1. The lowest BCUT2D eigenvalue weighted by atomic mass is 9.67. The highest BCUT2D eigenvalue weighted by Crippen LogP contribution is 2.63. The summed E-state index contributed by atoms with van der Waals surface area (Å²) in [4.78, 5) is 8.99. The van der Waals surface area contributed by atoms with E-state index in [1.54, 1.807) is 24.3 Å². The number of benzene rings is 22. The number of halogens is 4. The van der Waals surface area contributed by atoms with Gasteiger partial charge in [-0.1, -0.05) is 316 Å². The number of anilines is 12. The Labute approximate surface area is 864 Å². The highest BCUT2D eigenvalue weighted by Gasteiger charge is 2.51. The molecule has 3 aliphatic carbocycles. The second-order valence-electron chi connectivity index (χ2n) is 38.0. The number of para-hydroxylation sites is 2. The molecule has 0 bridgehead atoms. The molecular weight excluding hydrogens is 1830 g/mol. The molecule has 0 amide bonds. The van der Waals surface area contributed by atoms with Crippen LogP contribution in [0.5, 0.6) is 23.0 Å². The van der Waals surface area contributed by atoms with Crippen molar-refractivity contribution in [3.05, 3.63) is 648 Å². The van der Waals surface area contributed by atoms with Gasteiger partial charge in [-0.2, -0.15) is 0 Å². The van der Waals surface area contributed by atoms with Crippen LogP contribution in [-0.4, -0.2) is 0 Å². The van der Waals surface area contributed by atoms with Crippen LogP contribution in [-0.2, 0) is 16.2 Å². The first-order valence-electron chi connectivity index (χ1n) is 50.0. The first-order valence-corrected chi connectivity index (χ1v) is 50.0. The molecule has 0 heterocycles. The van der Waals surface area contributed by atoms with E-state index < -0.39 is 16.2 Å². The molecule has 0 spiro atoms. The fraction of sp³-hybridized carbons (Fsp3) is 0.0216. The quantitative estimate of drug-likeness (QED) is 0.0502. The van der Waals surface area contributed by atoms with Gasteiger partial charge in [0.15, 0.2) is 0 Å². The first kappa shape index (κ1) is 91.1. The van der Waals surface area contributed by atoms with Gasteiger partial charge in [-0.15, -0.1) is 0 Å². The molecule has 0 saturated carbocycles. The number of rotatable bonds is 26. The van der Waals surface area contributed by atoms with Crippen LogP contribution in [0.25, 0.3) is 67.8 Å². The van der Waals surface area contributed by atoms with E-state index in [0.717, 1.165) is 202 Å². The summed E-state index contributed by atoms with van der Waals surface area (Å²) in [7, 11) is 0. The van der Waals surface area contributed by atoms with Crippen LogP contribution in [0.4, 0.5) is 85.8 Å². The lowest BCUT2D eigenvalue weighted by Gasteiger charge is -2.35. The van der Waals surface area contributed by atoms with Crippen molar-refractivity contribution >= 4 is 80.4 Å². The Morgan fingerprint density at radius 1 is 0.168 bits per heavy atom. The zero-order chi connectivity index (χ0) is 100. The summed E-state index contributed by atoms with van der Waals surface area (Å²) in [6.07, 6.45) is 3.62. The molecule has 0 saturated heterocycles. The molecule has 3 aliphatic rings. The van der Waals surface area contributed by atoms with Crippen LogP contribution in [0, 0.1) is 23.3 Å². The van der Waals surface area contributed by atoms with Crippen molar-refractivity contribution in [2.75, 3.05) is 19.6 Å². The van der Waals surface area contributed by atoms with Gasteiger partial charge in [0.25, 0.3) is 0 Å². The van der Waals surface area contributed by atoms with Crippen molar-refractivity contribution in [3.8, 4) is 78.6 Å².